The second-order valence-corrected chi connectivity index (χ2v) is 6.44. The van der Waals surface area contributed by atoms with Gasteiger partial charge < -0.3 is 4.42 Å². The molecule has 0 radical (unpaired) electrons. The quantitative estimate of drug-likeness (QED) is 0.527. The van der Waals surface area contributed by atoms with E-state index in [1.54, 1.807) is 0 Å². The van der Waals surface area contributed by atoms with Crippen molar-refractivity contribution in [2.24, 2.45) is 0 Å². The summed E-state index contributed by atoms with van der Waals surface area (Å²) in [6.45, 7) is -0.126. The second kappa shape index (κ2) is 5.81. The molecule has 0 aliphatic carbocycles. The first-order chi connectivity index (χ1) is 11.9. The lowest BCUT2D eigenvalue weighted by atomic mass is 10.2. The van der Waals surface area contributed by atoms with E-state index in [0.717, 1.165) is 21.1 Å². The molecule has 0 amide bonds. The number of hydrogen-bond donors (Lipinski definition) is 0. The van der Waals surface area contributed by atoms with E-state index >= 15 is 0 Å². The van der Waals surface area contributed by atoms with Gasteiger partial charge in [-0.15, -0.1) is 26.6 Å². The van der Waals surface area contributed by atoms with E-state index in [1.807, 2.05) is 24.3 Å². The third kappa shape index (κ3) is 2.98. The number of rotatable bonds is 3. The van der Waals surface area contributed by atoms with Gasteiger partial charge in [-0.3, -0.25) is 0 Å². The number of thiophene rings is 1. The highest BCUT2D eigenvalue weighted by Gasteiger charge is 2.35. The Morgan fingerprint density at radius 2 is 2.00 bits per heavy atom. The molecule has 6 nitrogen and oxygen atoms in total. The fraction of sp³-hybridized carbons (Fsp3) is 0.143. The molecule has 1 aromatic carbocycles. The molecule has 0 spiro atoms. The molecule has 0 unspecified atom stereocenters. The second-order valence-electron chi connectivity index (χ2n) is 5.01. The Hall–Kier alpha value is -2.46. The van der Waals surface area contributed by atoms with Gasteiger partial charge in [0.25, 0.3) is 11.7 Å². The first-order valence-electron chi connectivity index (χ1n) is 6.88. The summed E-state index contributed by atoms with van der Waals surface area (Å²) in [5.74, 6) is -0.917. The molecule has 3 heterocycles. The number of fused-ring (bicyclic) bond motifs is 1. The zero-order valence-corrected chi connectivity index (χ0v) is 13.7. The van der Waals surface area contributed by atoms with Gasteiger partial charge in [-0.25, -0.2) is 9.67 Å². The van der Waals surface area contributed by atoms with Crippen molar-refractivity contribution in [3.8, 4) is 10.8 Å². The summed E-state index contributed by atoms with van der Waals surface area (Å²) >= 11 is 7.74. The Morgan fingerprint density at radius 1 is 1.20 bits per heavy atom. The van der Waals surface area contributed by atoms with Gasteiger partial charge in [0.2, 0.25) is 5.89 Å². The first-order valence-corrected chi connectivity index (χ1v) is 8.07. The van der Waals surface area contributed by atoms with Crippen LogP contribution in [0.3, 0.4) is 0 Å². The van der Waals surface area contributed by atoms with Crippen molar-refractivity contribution < 1.29 is 17.6 Å². The van der Waals surface area contributed by atoms with Crippen molar-refractivity contribution in [3.05, 3.63) is 47.3 Å². The standard InChI is InChI=1S/C14H7ClF3N5OS/c15-10-7-3-1-2-4-8(7)25-11(10)12-21-20-9(24-12)5-23-6-19-13(22-23)14(16,17)18/h1-4,6H,5H2. The van der Waals surface area contributed by atoms with Crippen molar-refractivity contribution in [1.29, 1.82) is 0 Å². The van der Waals surface area contributed by atoms with Gasteiger partial charge in [0.1, 0.15) is 17.7 Å². The largest absolute Gasteiger partial charge is 0.453 e. The molecule has 128 valence electrons. The lowest BCUT2D eigenvalue weighted by molar-refractivity contribution is -0.145. The van der Waals surface area contributed by atoms with Gasteiger partial charge in [0.05, 0.1) is 5.02 Å². The number of halogens is 4. The molecule has 0 N–H and O–H groups in total. The maximum Gasteiger partial charge on any atom is 0.453 e. The predicted molar refractivity (Wildman–Crippen MR) is 84.3 cm³/mol. The molecule has 3 aromatic heterocycles. The van der Waals surface area contributed by atoms with Crippen LogP contribution in [0.15, 0.2) is 35.0 Å². The Bertz CT molecular complexity index is 1050. The van der Waals surface area contributed by atoms with E-state index in [2.05, 4.69) is 20.3 Å². The van der Waals surface area contributed by atoms with Gasteiger partial charge in [-0.05, 0) is 6.07 Å². The smallest absolute Gasteiger partial charge is 0.418 e. The molecular formula is C14H7ClF3N5OS. The molecule has 0 fully saturated rings. The lowest BCUT2D eigenvalue weighted by Gasteiger charge is -1.98. The van der Waals surface area contributed by atoms with Crippen LogP contribution in [0, 0.1) is 0 Å². The van der Waals surface area contributed by atoms with Gasteiger partial charge in [0, 0.05) is 10.1 Å². The minimum Gasteiger partial charge on any atom is -0.418 e. The maximum atomic E-state index is 12.5. The molecule has 0 bridgehead atoms. The summed E-state index contributed by atoms with van der Waals surface area (Å²) in [6, 6.07) is 7.55. The van der Waals surface area contributed by atoms with Crippen LogP contribution in [0.25, 0.3) is 20.9 Å². The van der Waals surface area contributed by atoms with Crippen molar-refractivity contribution in [3.63, 3.8) is 0 Å². The molecule has 25 heavy (non-hydrogen) atoms. The fourth-order valence-electron chi connectivity index (χ4n) is 2.20. The van der Waals surface area contributed by atoms with Crippen LogP contribution in [-0.4, -0.2) is 25.0 Å². The third-order valence-corrected chi connectivity index (χ3v) is 4.95. The Morgan fingerprint density at radius 3 is 2.72 bits per heavy atom. The Labute approximate surface area is 146 Å². The number of hydrogen-bond acceptors (Lipinski definition) is 6. The highest BCUT2D eigenvalue weighted by molar-refractivity contribution is 7.23. The zero-order valence-electron chi connectivity index (χ0n) is 12.2. The van der Waals surface area contributed by atoms with Crippen molar-refractivity contribution >= 4 is 33.0 Å². The molecular weight excluding hydrogens is 379 g/mol. The fourth-order valence-corrected chi connectivity index (χ4v) is 3.63. The Balaban J connectivity index is 1.61. The highest BCUT2D eigenvalue weighted by atomic mass is 35.5. The van der Waals surface area contributed by atoms with Crippen LogP contribution in [0.2, 0.25) is 5.02 Å². The van der Waals surface area contributed by atoms with Crippen LogP contribution >= 0.6 is 22.9 Å². The normalized spacial score (nSPS) is 12.2. The summed E-state index contributed by atoms with van der Waals surface area (Å²) in [7, 11) is 0. The van der Waals surface area contributed by atoms with Crippen LogP contribution in [0.5, 0.6) is 0 Å². The molecule has 4 aromatic rings. The molecule has 11 heteroatoms. The number of benzene rings is 1. The van der Waals surface area contributed by atoms with Crippen molar-refractivity contribution in [2.45, 2.75) is 12.7 Å². The summed E-state index contributed by atoms with van der Waals surface area (Å²) in [4.78, 5) is 3.82. The van der Waals surface area contributed by atoms with Gasteiger partial charge in [-0.1, -0.05) is 29.8 Å². The zero-order chi connectivity index (χ0) is 17.6. The van der Waals surface area contributed by atoms with E-state index in [9.17, 15) is 13.2 Å². The minimum absolute atomic E-state index is 0.0992. The van der Waals surface area contributed by atoms with Crippen LogP contribution in [0.1, 0.15) is 11.7 Å². The Kier molecular flexibility index (Phi) is 3.73. The average Bonchev–Trinajstić information content (AvgIpc) is 3.27. The van der Waals surface area contributed by atoms with Gasteiger partial charge in [0.15, 0.2) is 0 Å². The minimum atomic E-state index is -4.60. The van der Waals surface area contributed by atoms with Crippen LogP contribution < -0.4 is 0 Å². The van der Waals surface area contributed by atoms with Crippen LogP contribution in [-0.2, 0) is 12.7 Å². The topological polar surface area (TPSA) is 69.6 Å². The highest BCUT2D eigenvalue weighted by Crippen LogP contribution is 2.41. The molecule has 0 atom stereocenters. The van der Waals surface area contributed by atoms with Crippen molar-refractivity contribution in [2.75, 3.05) is 0 Å². The molecule has 4 rings (SSSR count). The van der Waals surface area contributed by atoms with Gasteiger partial charge >= 0.3 is 6.18 Å². The average molecular weight is 386 g/mol. The van der Waals surface area contributed by atoms with Gasteiger partial charge in [-0.2, -0.15) is 13.2 Å². The summed E-state index contributed by atoms with van der Waals surface area (Å²) in [5.41, 5.74) is 0. The lowest BCUT2D eigenvalue weighted by Crippen LogP contribution is -2.09. The number of aromatic nitrogens is 5. The summed E-state index contributed by atoms with van der Waals surface area (Å²) < 4.78 is 45.0. The van der Waals surface area contributed by atoms with E-state index < -0.39 is 12.0 Å². The molecule has 0 aliphatic rings. The van der Waals surface area contributed by atoms with E-state index in [0.29, 0.717) is 9.90 Å². The third-order valence-electron chi connectivity index (χ3n) is 3.28. The number of nitrogens with zero attached hydrogens (tertiary/aromatic N) is 5. The van der Waals surface area contributed by atoms with E-state index in [1.165, 1.54) is 11.3 Å². The molecule has 0 saturated heterocycles. The summed E-state index contributed by atoms with van der Waals surface area (Å²) in [5, 5.41) is 12.5. The van der Waals surface area contributed by atoms with E-state index in [4.69, 9.17) is 16.0 Å². The molecule has 0 saturated carbocycles. The van der Waals surface area contributed by atoms with Crippen molar-refractivity contribution in [1.82, 2.24) is 25.0 Å². The summed E-state index contributed by atoms with van der Waals surface area (Å²) in [6.07, 6.45) is -3.64. The van der Waals surface area contributed by atoms with E-state index in [-0.39, 0.29) is 18.3 Å². The predicted octanol–water partition coefficient (Wildman–Crippen LogP) is 4.26. The SMILES string of the molecule is FC(F)(F)c1ncn(Cc2nnc(-c3sc4ccccc4c3Cl)o2)n1. The number of alkyl halides is 3. The molecule has 0 aliphatic heterocycles. The monoisotopic (exact) mass is 385 g/mol. The van der Waals surface area contributed by atoms with Crippen LogP contribution in [0.4, 0.5) is 13.2 Å². The first kappa shape index (κ1) is 16.0. The maximum absolute atomic E-state index is 12.5.